The standard InChI is InChI=1S/C16H22N4/c1-12(2)19-8-10-20(11-9-19)16-15-7-5-4-6-14(15)13(3)17-18-16/h4-7,12H,8-11H2,1-3H3. The van der Waals surface area contributed by atoms with Crippen molar-refractivity contribution in [3.63, 3.8) is 0 Å². The Morgan fingerprint density at radius 2 is 1.60 bits per heavy atom. The normalized spacial score (nSPS) is 17.1. The van der Waals surface area contributed by atoms with Gasteiger partial charge < -0.3 is 4.90 Å². The van der Waals surface area contributed by atoms with Gasteiger partial charge in [-0.05, 0) is 20.8 Å². The van der Waals surface area contributed by atoms with E-state index in [-0.39, 0.29) is 0 Å². The smallest absolute Gasteiger partial charge is 0.159 e. The first-order valence-electron chi connectivity index (χ1n) is 7.38. The van der Waals surface area contributed by atoms with E-state index in [1.807, 2.05) is 6.92 Å². The predicted octanol–water partition coefficient (Wildman–Crippen LogP) is 2.47. The van der Waals surface area contributed by atoms with Crippen molar-refractivity contribution in [3.8, 4) is 0 Å². The Morgan fingerprint density at radius 1 is 0.950 bits per heavy atom. The molecule has 1 fully saturated rings. The third kappa shape index (κ3) is 2.36. The van der Waals surface area contributed by atoms with Crippen molar-refractivity contribution < 1.29 is 0 Å². The molecule has 4 nitrogen and oxygen atoms in total. The van der Waals surface area contributed by atoms with Crippen LogP contribution in [0.2, 0.25) is 0 Å². The van der Waals surface area contributed by atoms with Gasteiger partial charge in [-0.1, -0.05) is 24.3 Å². The van der Waals surface area contributed by atoms with Crippen LogP contribution in [0.1, 0.15) is 19.5 Å². The van der Waals surface area contributed by atoms with Gasteiger partial charge >= 0.3 is 0 Å². The zero-order valence-corrected chi connectivity index (χ0v) is 12.5. The quantitative estimate of drug-likeness (QED) is 0.839. The number of nitrogens with zero attached hydrogens (tertiary/aromatic N) is 4. The summed E-state index contributed by atoms with van der Waals surface area (Å²) in [5.74, 6) is 1.04. The minimum absolute atomic E-state index is 0.623. The first-order valence-corrected chi connectivity index (χ1v) is 7.38. The largest absolute Gasteiger partial charge is 0.352 e. The Morgan fingerprint density at radius 3 is 2.25 bits per heavy atom. The Kier molecular flexibility index (Phi) is 3.57. The van der Waals surface area contributed by atoms with Gasteiger partial charge in [-0.15, -0.1) is 5.10 Å². The Hall–Kier alpha value is -1.68. The van der Waals surface area contributed by atoms with E-state index in [0.29, 0.717) is 6.04 Å². The Balaban J connectivity index is 1.90. The number of anilines is 1. The summed E-state index contributed by atoms with van der Waals surface area (Å²) in [5, 5.41) is 11.2. The monoisotopic (exact) mass is 270 g/mol. The lowest BCUT2D eigenvalue weighted by Crippen LogP contribution is -2.49. The van der Waals surface area contributed by atoms with E-state index < -0.39 is 0 Å². The highest BCUT2D eigenvalue weighted by atomic mass is 15.3. The van der Waals surface area contributed by atoms with Crippen LogP contribution in [0.3, 0.4) is 0 Å². The topological polar surface area (TPSA) is 32.3 Å². The number of aryl methyl sites for hydroxylation is 1. The third-order valence-electron chi connectivity index (χ3n) is 4.20. The van der Waals surface area contributed by atoms with E-state index in [2.05, 4.69) is 58.1 Å². The van der Waals surface area contributed by atoms with Gasteiger partial charge in [0, 0.05) is 43.0 Å². The van der Waals surface area contributed by atoms with Crippen LogP contribution in [-0.4, -0.2) is 47.3 Å². The lowest BCUT2D eigenvalue weighted by atomic mass is 10.1. The average molecular weight is 270 g/mol. The van der Waals surface area contributed by atoms with Crippen molar-refractivity contribution in [1.29, 1.82) is 0 Å². The van der Waals surface area contributed by atoms with Crippen molar-refractivity contribution in [2.75, 3.05) is 31.1 Å². The fraction of sp³-hybridized carbons (Fsp3) is 0.500. The molecule has 1 aliphatic rings. The second-order valence-corrected chi connectivity index (χ2v) is 5.77. The Labute approximate surface area is 120 Å². The van der Waals surface area contributed by atoms with Gasteiger partial charge in [0.1, 0.15) is 0 Å². The van der Waals surface area contributed by atoms with E-state index in [9.17, 15) is 0 Å². The van der Waals surface area contributed by atoms with Crippen molar-refractivity contribution in [1.82, 2.24) is 15.1 Å². The summed E-state index contributed by atoms with van der Waals surface area (Å²) < 4.78 is 0. The fourth-order valence-corrected chi connectivity index (χ4v) is 2.91. The number of benzene rings is 1. The predicted molar refractivity (Wildman–Crippen MR) is 83.2 cm³/mol. The fourth-order valence-electron chi connectivity index (χ4n) is 2.91. The van der Waals surface area contributed by atoms with Crippen LogP contribution in [0.15, 0.2) is 24.3 Å². The zero-order valence-electron chi connectivity index (χ0n) is 12.5. The van der Waals surface area contributed by atoms with Gasteiger partial charge in [-0.3, -0.25) is 4.90 Å². The number of hydrogen-bond acceptors (Lipinski definition) is 4. The molecule has 0 unspecified atom stereocenters. The number of piperazine rings is 1. The lowest BCUT2D eigenvalue weighted by Gasteiger charge is -2.37. The lowest BCUT2D eigenvalue weighted by molar-refractivity contribution is 0.209. The first kappa shape index (κ1) is 13.3. The molecule has 1 aliphatic heterocycles. The molecule has 1 aromatic heterocycles. The molecule has 0 N–H and O–H groups in total. The summed E-state index contributed by atoms with van der Waals surface area (Å²) >= 11 is 0. The highest BCUT2D eigenvalue weighted by molar-refractivity contribution is 5.93. The maximum Gasteiger partial charge on any atom is 0.159 e. The van der Waals surface area contributed by atoms with Crippen molar-refractivity contribution in [2.24, 2.45) is 0 Å². The van der Waals surface area contributed by atoms with E-state index >= 15 is 0 Å². The number of fused-ring (bicyclic) bond motifs is 1. The van der Waals surface area contributed by atoms with Crippen LogP contribution in [0.5, 0.6) is 0 Å². The van der Waals surface area contributed by atoms with Gasteiger partial charge in [0.25, 0.3) is 0 Å². The van der Waals surface area contributed by atoms with Crippen molar-refractivity contribution in [3.05, 3.63) is 30.0 Å². The van der Waals surface area contributed by atoms with Crippen molar-refractivity contribution >= 4 is 16.6 Å². The molecule has 2 aromatic rings. The highest BCUT2D eigenvalue weighted by Crippen LogP contribution is 2.26. The van der Waals surface area contributed by atoms with Crippen LogP contribution in [0, 0.1) is 6.92 Å². The second-order valence-electron chi connectivity index (χ2n) is 5.77. The molecular formula is C16H22N4. The molecular weight excluding hydrogens is 248 g/mol. The molecule has 2 heterocycles. The summed E-state index contributed by atoms with van der Waals surface area (Å²) in [6.07, 6.45) is 0. The van der Waals surface area contributed by atoms with Crippen LogP contribution in [0.25, 0.3) is 10.8 Å². The molecule has 0 spiro atoms. The molecule has 0 aliphatic carbocycles. The molecule has 0 radical (unpaired) electrons. The molecule has 4 heteroatoms. The van der Waals surface area contributed by atoms with E-state index in [4.69, 9.17) is 0 Å². The van der Waals surface area contributed by atoms with Crippen LogP contribution < -0.4 is 4.90 Å². The molecule has 0 saturated carbocycles. The van der Waals surface area contributed by atoms with Crippen LogP contribution >= 0.6 is 0 Å². The van der Waals surface area contributed by atoms with Gasteiger partial charge in [-0.25, -0.2) is 0 Å². The van der Waals surface area contributed by atoms with Gasteiger partial charge in [0.2, 0.25) is 0 Å². The van der Waals surface area contributed by atoms with E-state index in [1.54, 1.807) is 0 Å². The van der Waals surface area contributed by atoms with Crippen molar-refractivity contribution in [2.45, 2.75) is 26.8 Å². The molecule has 0 atom stereocenters. The third-order valence-corrected chi connectivity index (χ3v) is 4.20. The summed E-state index contributed by atoms with van der Waals surface area (Å²) in [6.45, 7) is 10.8. The number of hydrogen-bond donors (Lipinski definition) is 0. The molecule has 1 saturated heterocycles. The summed E-state index contributed by atoms with van der Waals surface area (Å²) in [6, 6.07) is 9.06. The summed E-state index contributed by atoms with van der Waals surface area (Å²) in [4.78, 5) is 4.88. The molecule has 106 valence electrons. The minimum atomic E-state index is 0.623. The van der Waals surface area contributed by atoms with Gasteiger partial charge in [0.05, 0.1) is 5.69 Å². The highest BCUT2D eigenvalue weighted by Gasteiger charge is 2.21. The molecule has 1 aromatic carbocycles. The number of aromatic nitrogens is 2. The molecule has 0 bridgehead atoms. The zero-order chi connectivity index (χ0) is 14.1. The van der Waals surface area contributed by atoms with Gasteiger partial charge in [0.15, 0.2) is 5.82 Å². The molecule has 3 rings (SSSR count). The summed E-state index contributed by atoms with van der Waals surface area (Å²) in [7, 11) is 0. The van der Waals surface area contributed by atoms with Crippen LogP contribution in [0.4, 0.5) is 5.82 Å². The maximum absolute atomic E-state index is 4.46. The van der Waals surface area contributed by atoms with E-state index in [0.717, 1.165) is 37.7 Å². The maximum atomic E-state index is 4.46. The first-order chi connectivity index (χ1) is 9.66. The molecule has 0 amide bonds. The minimum Gasteiger partial charge on any atom is -0.352 e. The summed E-state index contributed by atoms with van der Waals surface area (Å²) in [5.41, 5.74) is 1.00. The van der Waals surface area contributed by atoms with Crippen LogP contribution in [-0.2, 0) is 0 Å². The number of rotatable bonds is 2. The Bertz CT molecular complexity index is 600. The second kappa shape index (κ2) is 5.37. The molecule has 20 heavy (non-hydrogen) atoms. The van der Waals surface area contributed by atoms with E-state index in [1.165, 1.54) is 10.8 Å². The average Bonchev–Trinajstić information content (AvgIpc) is 2.48. The van der Waals surface area contributed by atoms with Gasteiger partial charge in [-0.2, -0.15) is 5.10 Å². The SMILES string of the molecule is Cc1nnc(N2CCN(C(C)C)CC2)c2ccccc12.